The second-order valence-electron chi connectivity index (χ2n) is 8.46. The predicted molar refractivity (Wildman–Crippen MR) is 108 cm³/mol. The first-order valence-corrected chi connectivity index (χ1v) is 10.9. The highest BCUT2D eigenvalue weighted by atomic mass is 16.6. The number of amides is 1. The van der Waals surface area contributed by atoms with Crippen LogP contribution in [0.15, 0.2) is 24.3 Å². The Morgan fingerprint density at radius 2 is 1.90 bits per heavy atom. The number of ether oxygens (including phenoxy) is 3. The van der Waals surface area contributed by atoms with Crippen molar-refractivity contribution in [3.05, 3.63) is 29.8 Å². The normalized spacial score (nSPS) is 28.4. The predicted octanol–water partition coefficient (Wildman–Crippen LogP) is 3.14. The van der Waals surface area contributed by atoms with Crippen LogP contribution in [-0.4, -0.2) is 49.3 Å². The molecule has 6 heteroatoms. The molecule has 0 aromatic heterocycles. The van der Waals surface area contributed by atoms with E-state index in [9.17, 15) is 9.59 Å². The molecule has 1 aromatic rings. The van der Waals surface area contributed by atoms with Gasteiger partial charge in [0.25, 0.3) is 0 Å². The summed E-state index contributed by atoms with van der Waals surface area (Å²) in [5.41, 5.74) is 0.661. The zero-order chi connectivity index (χ0) is 20.4. The van der Waals surface area contributed by atoms with Crippen molar-refractivity contribution >= 4 is 11.7 Å². The molecule has 0 bridgehead atoms. The highest BCUT2D eigenvalue weighted by Gasteiger charge is 2.49. The van der Waals surface area contributed by atoms with Crippen LogP contribution in [0.3, 0.4) is 0 Å². The number of rotatable bonds is 9. The molecular formula is C23H31NO5. The Balaban J connectivity index is 1.34. The van der Waals surface area contributed by atoms with Gasteiger partial charge in [-0.2, -0.15) is 0 Å². The summed E-state index contributed by atoms with van der Waals surface area (Å²) >= 11 is 0. The van der Waals surface area contributed by atoms with Gasteiger partial charge in [0.1, 0.15) is 11.9 Å². The fourth-order valence-electron chi connectivity index (χ4n) is 4.27. The van der Waals surface area contributed by atoms with E-state index >= 15 is 0 Å². The van der Waals surface area contributed by atoms with Gasteiger partial charge in [0.15, 0.2) is 5.78 Å². The van der Waals surface area contributed by atoms with Crippen LogP contribution in [0.1, 0.15) is 56.3 Å². The van der Waals surface area contributed by atoms with Crippen molar-refractivity contribution in [2.45, 2.75) is 70.3 Å². The first-order chi connectivity index (χ1) is 14.1. The number of ketones is 1. The third-order valence-electron chi connectivity index (χ3n) is 6.25. The molecule has 2 saturated heterocycles. The minimum absolute atomic E-state index is 0.0129. The van der Waals surface area contributed by atoms with Gasteiger partial charge in [-0.15, -0.1) is 0 Å². The van der Waals surface area contributed by atoms with Crippen molar-refractivity contribution in [2.24, 2.45) is 11.8 Å². The molecule has 4 atom stereocenters. The Morgan fingerprint density at radius 3 is 2.62 bits per heavy atom. The summed E-state index contributed by atoms with van der Waals surface area (Å²) in [6.45, 7) is 5.14. The van der Waals surface area contributed by atoms with E-state index in [1.165, 1.54) is 0 Å². The van der Waals surface area contributed by atoms with E-state index in [0.717, 1.165) is 31.4 Å². The largest absolute Gasteiger partial charge is 0.490 e. The van der Waals surface area contributed by atoms with Crippen LogP contribution in [0.2, 0.25) is 0 Å². The zero-order valence-electron chi connectivity index (χ0n) is 17.3. The number of Topliss-reactive ketones (excluding diaryl/α,β-unsaturated/α-hetero) is 1. The van der Waals surface area contributed by atoms with Crippen molar-refractivity contribution in [1.82, 2.24) is 5.32 Å². The smallest absolute Gasteiger partial charge is 0.223 e. The molecule has 2 aliphatic heterocycles. The number of carbonyl (C=O) groups is 2. The van der Waals surface area contributed by atoms with Crippen LogP contribution >= 0.6 is 0 Å². The topological polar surface area (TPSA) is 73.9 Å². The molecule has 1 aliphatic carbocycles. The van der Waals surface area contributed by atoms with E-state index in [4.69, 9.17) is 14.2 Å². The lowest BCUT2D eigenvalue weighted by Gasteiger charge is -2.18. The highest BCUT2D eigenvalue weighted by Crippen LogP contribution is 2.35. The lowest BCUT2D eigenvalue weighted by Crippen LogP contribution is -2.44. The molecule has 1 N–H and O–H groups in total. The maximum Gasteiger partial charge on any atom is 0.223 e. The quantitative estimate of drug-likeness (QED) is 0.644. The van der Waals surface area contributed by atoms with Crippen LogP contribution in [0, 0.1) is 11.8 Å². The van der Waals surface area contributed by atoms with Gasteiger partial charge < -0.3 is 19.5 Å². The molecule has 4 rings (SSSR count). The van der Waals surface area contributed by atoms with Gasteiger partial charge >= 0.3 is 0 Å². The van der Waals surface area contributed by atoms with E-state index in [1.807, 2.05) is 24.3 Å². The monoisotopic (exact) mass is 401 g/mol. The Bertz CT molecular complexity index is 743. The van der Waals surface area contributed by atoms with Crippen molar-refractivity contribution in [2.75, 3.05) is 13.2 Å². The Labute approximate surface area is 172 Å². The van der Waals surface area contributed by atoms with E-state index < -0.39 is 0 Å². The van der Waals surface area contributed by atoms with E-state index in [1.54, 1.807) is 0 Å². The Hall–Kier alpha value is -1.92. The molecule has 6 nitrogen and oxygen atoms in total. The van der Waals surface area contributed by atoms with Crippen molar-refractivity contribution < 1.29 is 23.8 Å². The molecule has 3 fully saturated rings. The van der Waals surface area contributed by atoms with Crippen LogP contribution in [0.4, 0.5) is 0 Å². The SMILES string of the molecule is CCC(CC)Oc1cccc(C(=O)C[C@H]2CO[C@H]3[C@@H]2OC[C@@H]3NC(=O)C2CC2)c1. The summed E-state index contributed by atoms with van der Waals surface area (Å²) in [4.78, 5) is 24.9. The standard InChI is InChI=1S/C23H31NO5/c1-3-17(4-2)29-18-7-5-6-15(10-18)20(25)11-16-12-27-22-19(13-28-21(16)22)24-23(26)14-8-9-14/h5-7,10,14,16-17,19,21-22H,3-4,8-9,11-13H2,1-2H3,(H,24,26)/t16-,19-,21+,22+/m0/s1. The van der Waals surface area contributed by atoms with Crippen molar-refractivity contribution in [3.63, 3.8) is 0 Å². The maximum atomic E-state index is 12.9. The first kappa shape index (κ1) is 20.4. The summed E-state index contributed by atoms with van der Waals surface area (Å²) in [5.74, 6) is 1.10. The van der Waals surface area contributed by atoms with Crippen LogP contribution in [0.25, 0.3) is 0 Å². The molecular weight excluding hydrogens is 370 g/mol. The number of carbonyl (C=O) groups excluding carboxylic acids is 2. The molecule has 1 aromatic carbocycles. The minimum atomic E-state index is -0.153. The average molecular weight is 402 g/mol. The van der Waals surface area contributed by atoms with Gasteiger partial charge in [-0.3, -0.25) is 9.59 Å². The first-order valence-electron chi connectivity index (χ1n) is 10.9. The second kappa shape index (κ2) is 8.84. The average Bonchev–Trinajstić information content (AvgIpc) is 3.41. The van der Waals surface area contributed by atoms with Gasteiger partial charge in [0.05, 0.1) is 31.5 Å². The zero-order valence-corrected chi connectivity index (χ0v) is 17.3. The number of fused-ring (bicyclic) bond motifs is 1. The fourth-order valence-corrected chi connectivity index (χ4v) is 4.27. The summed E-state index contributed by atoms with van der Waals surface area (Å²) in [6.07, 6.45) is 4.09. The molecule has 3 aliphatic rings. The fraction of sp³-hybridized carbons (Fsp3) is 0.652. The highest BCUT2D eigenvalue weighted by molar-refractivity contribution is 5.96. The molecule has 1 amide bonds. The van der Waals surface area contributed by atoms with Gasteiger partial charge in [-0.25, -0.2) is 0 Å². The van der Waals surface area contributed by atoms with Gasteiger partial charge in [-0.1, -0.05) is 26.0 Å². The van der Waals surface area contributed by atoms with Crippen molar-refractivity contribution in [3.8, 4) is 5.75 Å². The van der Waals surface area contributed by atoms with Gasteiger partial charge in [0.2, 0.25) is 5.91 Å². The molecule has 0 unspecified atom stereocenters. The molecule has 29 heavy (non-hydrogen) atoms. The Kier molecular flexibility index (Phi) is 6.20. The minimum Gasteiger partial charge on any atom is -0.490 e. The number of hydrogen-bond acceptors (Lipinski definition) is 5. The molecule has 0 spiro atoms. The lowest BCUT2D eigenvalue weighted by atomic mass is 9.92. The van der Waals surface area contributed by atoms with E-state index in [2.05, 4.69) is 19.2 Å². The maximum absolute atomic E-state index is 12.9. The van der Waals surface area contributed by atoms with Gasteiger partial charge in [-0.05, 0) is 37.8 Å². The number of nitrogens with one attached hydrogen (secondary N) is 1. The van der Waals surface area contributed by atoms with E-state index in [-0.39, 0.29) is 47.9 Å². The molecule has 2 heterocycles. The summed E-state index contributed by atoms with van der Waals surface area (Å²) in [6, 6.07) is 7.34. The van der Waals surface area contributed by atoms with E-state index in [0.29, 0.717) is 25.2 Å². The number of hydrogen-bond donors (Lipinski definition) is 1. The lowest BCUT2D eigenvalue weighted by molar-refractivity contribution is -0.123. The van der Waals surface area contributed by atoms with Crippen molar-refractivity contribution in [1.29, 1.82) is 0 Å². The van der Waals surface area contributed by atoms with Crippen LogP contribution < -0.4 is 10.1 Å². The van der Waals surface area contributed by atoms with Crippen LogP contribution in [0.5, 0.6) is 5.75 Å². The molecule has 0 radical (unpaired) electrons. The summed E-state index contributed by atoms with van der Waals surface area (Å²) in [7, 11) is 0. The second-order valence-corrected chi connectivity index (χ2v) is 8.46. The van der Waals surface area contributed by atoms with Crippen LogP contribution in [-0.2, 0) is 14.3 Å². The molecule has 1 saturated carbocycles. The third-order valence-corrected chi connectivity index (χ3v) is 6.25. The summed E-state index contributed by atoms with van der Waals surface area (Å²) < 4.78 is 17.8. The number of benzene rings is 1. The molecule has 158 valence electrons. The third kappa shape index (κ3) is 4.64. The Morgan fingerprint density at radius 1 is 1.14 bits per heavy atom. The van der Waals surface area contributed by atoms with Gasteiger partial charge in [0, 0.05) is 23.8 Å². The summed E-state index contributed by atoms with van der Waals surface area (Å²) in [5, 5.41) is 3.06.